The van der Waals surface area contributed by atoms with E-state index in [0.717, 1.165) is 53.5 Å². The highest BCUT2D eigenvalue weighted by molar-refractivity contribution is 6.40. The molecule has 0 spiro atoms. The summed E-state index contributed by atoms with van der Waals surface area (Å²) in [5.74, 6) is 1.02. The SMILES string of the molecule is O=C1NCc2c(-c3ccccc3Cl)cc(C3CN(CC4CC4)CC3CO)cc2N1c1c(Cl)cccc1Cl. The summed E-state index contributed by atoms with van der Waals surface area (Å²) in [6.45, 7) is 3.30. The van der Waals surface area contributed by atoms with Gasteiger partial charge in [-0.25, -0.2) is 4.79 Å². The van der Waals surface area contributed by atoms with Crippen LogP contribution in [-0.2, 0) is 6.54 Å². The van der Waals surface area contributed by atoms with Crippen molar-refractivity contribution in [2.24, 2.45) is 11.8 Å². The number of hydrogen-bond acceptors (Lipinski definition) is 3. The number of fused-ring (bicyclic) bond motifs is 1. The van der Waals surface area contributed by atoms with Gasteiger partial charge in [-0.1, -0.05) is 65.1 Å². The molecule has 1 saturated heterocycles. The number of para-hydroxylation sites is 1. The Bertz CT molecular complexity index is 1340. The number of rotatable bonds is 6. The quantitative estimate of drug-likeness (QED) is 0.341. The van der Waals surface area contributed by atoms with Crippen molar-refractivity contribution in [1.29, 1.82) is 0 Å². The lowest BCUT2D eigenvalue weighted by Gasteiger charge is -2.34. The Morgan fingerprint density at radius 3 is 2.35 bits per heavy atom. The van der Waals surface area contributed by atoms with E-state index in [1.165, 1.54) is 12.8 Å². The Balaban J connectivity index is 1.53. The van der Waals surface area contributed by atoms with Gasteiger partial charge in [0.2, 0.25) is 0 Å². The molecule has 0 bridgehead atoms. The van der Waals surface area contributed by atoms with Crippen molar-refractivity contribution >= 4 is 52.2 Å². The van der Waals surface area contributed by atoms with Gasteiger partial charge in [-0.05, 0) is 54.2 Å². The fraction of sp³-hybridized carbons (Fsp3) is 0.345. The van der Waals surface area contributed by atoms with Crippen LogP contribution in [0.25, 0.3) is 11.1 Å². The van der Waals surface area contributed by atoms with Crippen LogP contribution in [0.15, 0.2) is 54.6 Å². The van der Waals surface area contributed by atoms with Crippen LogP contribution in [0.3, 0.4) is 0 Å². The number of amides is 2. The predicted octanol–water partition coefficient (Wildman–Crippen LogP) is 7.09. The van der Waals surface area contributed by atoms with Gasteiger partial charge in [0.15, 0.2) is 0 Å². The third kappa shape index (κ3) is 4.73. The van der Waals surface area contributed by atoms with Crippen LogP contribution < -0.4 is 10.2 Å². The summed E-state index contributed by atoms with van der Waals surface area (Å²) in [6, 6.07) is 17.0. The van der Waals surface area contributed by atoms with Crippen LogP contribution >= 0.6 is 34.8 Å². The minimum absolute atomic E-state index is 0.116. The molecule has 0 aromatic heterocycles. The highest BCUT2D eigenvalue weighted by atomic mass is 35.5. The van der Waals surface area contributed by atoms with Crippen molar-refractivity contribution in [3.8, 4) is 11.1 Å². The van der Waals surface area contributed by atoms with E-state index in [1.54, 1.807) is 23.1 Å². The first kappa shape index (κ1) is 25.0. The highest BCUT2D eigenvalue weighted by Gasteiger charge is 2.38. The zero-order valence-electron chi connectivity index (χ0n) is 20.3. The maximum atomic E-state index is 13.3. The normalized spacial score (nSPS) is 21.7. The first-order valence-electron chi connectivity index (χ1n) is 12.7. The Hall–Kier alpha value is -2.28. The number of nitrogens with one attached hydrogen (secondary N) is 1. The van der Waals surface area contributed by atoms with Crippen LogP contribution in [0.1, 0.15) is 29.9 Å². The van der Waals surface area contributed by atoms with Crippen LogP contribution in [-0.4, -0.2) is 42.3 Å². The lowest BCUT2D eigenvalue weighted by atomic mass is 9.85. The zero-order valence-corrected chi connectivity index (χ0v) is 22.5. The molecule has 3 aromatic rings. The maximum absolute atomic E-state index is 13.3. The van der Waals surface area contributed by atoms with Gasteiger partial charge in [-0.2, -0.15) is 0 Å². The Morgan fingerprint density at radius 2 is 1.65 bits per heavy atom. The highest BCUT2D eigenvalue weighted by Crippen LogP contribution is 2.47. The molecule has 5 nitrogen and oxygen atoms in total. The van der Waals surface area contributed by atoms with Crippen LogP contribution in [0.5, 0.6) is 0 Å². The van der Waals surface area contributed by atoms with Crippen molar-refractivity contribution in [2.75, 3.05) is 31.1 Å². The summed E-state index contributed by atoms with van der Waals surface area (Å²) in [7, 11) is 0. The third-order valence-corrected chi connectivity index (χ3v) is 8.77. The number of aliphatic hydroxyl groups is 1. The number of nitrogens with zero attached hydrogens (tertiary/aromatic N) is 2. The Morgan fingerprint density at radius 1 is 0.919 bits per heavy atom. The second kappa shape index (κ2) is 10.1. The molecule has 2 N–H and O–H groups in total. The fourth-order valence-corrected chi connectivity index (χ4v) is 6.62. The summed E-state index contributed by atoms with van der Waals surface area (Å²) in [6.07, 6.45) is 2.59. The second-order valence-corrected chi connectivity index (χ2v) is 11.5. The van der Waals surface area contributed by atoms with E-state index in [1.807, 2.05) is 24.3 Å². The number of aliphatic hydroxyl groups excluding tert-OH is 1. The summed E-state index contributed by atoms with van der Waals surface area (Å²) >= 11 is 19.9. The van der Waals surface area contributed by atoms with Crippen molar-refractivity contribution in [2.45, 2.75) is 25.3 Å². The molecule has 192 valence electrons. The predicted molar refractivity (Wildman–Crippen MR) is 150 cm³/mol. The van der Waals surface area contributed by atoms with Gasteiger partial charge in [0, 0.05) is 60.8 Å². The molecule has 8 heteroatoms. The number of urea groups is 1. The summed E-state index contributed by atoms with van der Waals surface area (Å²) < 4.78 is 0. The van der Waals surface area contributed by atoms with E-state index in [0.29, 0.717) is 27.3 Å². The minimum atomic E-state index is -0.287. The van der Waals surface area contributed by atoms with Gasteiger partial charge in [0.05, 0.1) is 21.4 Å². The number of halogens is 3. The standard InChI is InChI=1S/C29H28Cl3N3O2/c30-24-5-2-1-4-20(24)21-10-18(23-15-34(13-17-8-9-17)14-19(23)16-36)11-27-22(21)12-33-29(37)35(27)28-25(31)6-3-7-26(28)32/h1-7,10-11,17,19,23,36H,8-9,12-16H2,(H,33,37). The molecular weight excluding hydrogens is 529 g/mol. The largest absolute Gasteiger partial charge is 0.396 e. The summed E-state index contributed by atoms with van der Waals surface area (Å²) in [5, 5.41) is 14.7. The average molecular weight is 557 g/mol. The van der Waals surface area contributed by atoms with E-state index in [9.17, 15) is 9.90 Å². The molecule has 6 rings (SSSR count). The van der Waals surface area contributed by atoms with Crippen LogP contribution in [0, 0.1) is 11.8 Å². The Kier molecular flexibility index (Phi) is 6.85. The van der Waals surface area contributed by atoms with Crippen molar-refractivity contribution < 1.29 is 9.90 Å². The Labute approximate surface area is 231 Å². The fourth-order valence-electron chi connectivity index (χ4n) is 5.81. The molecule has 1 aliphatic carbocycles. The van der Waals surface area contributed by atoms with Crippen molar-refractivity contribution in [3.63, 3.8) is 0 Å². The number of anilines is 2. The maximum Gasteiger partial charge on any atom is 0.326 e. The molecule has 2 atom stereocenters. The topological polar surface area (TPSA) is 55.8 Å². The van der Waals surface area contributed by atoms with Crippen LogP contribution in [0.4, 0.5) is 16.2 Å². The monoisotopic (exact) mass is 555 g/mol. The van der Waals surface area contributed by atoms with E-state index in [-0.39, 0.29) is 24.5 Å². The summed E-state index contributed by atoms with van der Waals surface area (Å²) in [4.78, 5) is 17.4. The van der Waals surface area contributed by atoms with Crippen LogP contribution in [0.2, 0.25) is 15.1 Å². The van der Waals surface area contributed by atoms with Gasteiger partial charge >= 0.3 is 6.03 Å². The van der Waals surface area contributed by atoms with E-state index in [4.69, 9.17) is 34.8 Å². The summed E-state index contributed by atoms with van der Waals surface area (Å²) in [5.41, 5.74) is 5.07. The molecular formula is C29H28Cl3N3O2. The molecule has 2 heterocycles. The molecule has 2 unspecified atom stereocenters. The molecule has 2 aliphatic heterocycles. The molecule has 0 radical (unpaired) electrons. The van der Waals surface area contributed by atoms with Gasteiger partial charge in [-0.15, -0.1) is 0 Å². The molecule has 37 heavy (non-hydrogen) atoms. The number of carbonyl (C=O) groups is 1. The second-order valence-electron chi connectivity index (χ2n) is 10.3. The molecule has 2 fully saturated rings. The van der Waals surface area contributed by atoms with E-state index in [2.05, 4.69) is 22.3 Å². The van der Waals surface area contributed by atoms with Gasteiger partial charge in [0.1, 0.15) is 0 Å². The third-order valence-electron chi connectivity index (χ3n) is 7.83. The van der Waals surface area contributed by atoms with Gasteiger partial charge in [0.25, 0.3) is 0 Å². The van der Waals surface area contributed by atoms with E-state index < -0.39 is 0 Å². The lowest BCUT2D eigenvalue weighted by Crippen LogP contribution is -2.42. The van der Waals surface area contributed by atoms with Gasteiger partial charge in [-0.3, -0.25) is 4.90 Å². The number of carbonyl (C=O) groups excluding carboxylic acids is 1. The smallest absolute Gasteiger partial charge is 0.326 e. The van der Waals surface area contributed by atoms with E-state index >= 15 is 0 Å². The number of likely N-dealkylation sites (tertiary alicyclic amines) is 1. The molecule has 2 amide bonds. The minimum Gasteiger partial charge on any atom is -0.396 e. The number of benzene rings is 3. The van der Waals surface area contributed by atoms with Crippen molar-refractivity contribution in [3.05, 3.63) is 80.8 Å². The number of hydrogen-bond donors (Lipinski definition) is 2. The first-order valence-corrected chi connectivity index (χ1v) is 13.8. The molecule has 3 aliphatic rings. The first-order chi connectivity index (χ1) is 17.9. The average Bonchev–Trinajstić information content (AvgIpc) is 3.61. The van der Waals surface area contributed by atoms with Crippen molar-refractivity contribution in [1.82, 2.24) is 10.2 Å². The van der Waals surface area contributed by atoms with Gasteiger partial charge < -0.3 is 15.3 Å². The lowest BCUT2D eigenvalue weighted by molar-refractivity contribution is 0.214. The molecule has 1 saturated carbocycles. The zero-order chi connectivity index (χ0) is 25.7. The molecule has 3 aromatic carbocycles.